The number of carboxylic acids is 1. The third-order valence-electron chi connectivity index (χ3n) is 2.85. The maximum absolute atomic E-state index is 11.9. The molecular formula is C12H15NO4S. The number of nitrogens with one attached hydrogen (secondary N) is 1. The average molecular weight is 269 g/mol. The van der Waals surface area contributed by atoms with E-state index < -0.39 is 12.1 Å². The molecule has 1 aliphatic rings. The summed E-state index contributed by atoms with van der Waals surface area (Å²) in [5, 5.41) is 12.1. The molecule has 1 aromatic heterocycles. The first-order valence-electron chi connectivity index (χ1n) is 5.77. The van der Waals surface area contributed by atoms with Gasteiger partial charge in [-0.3, -0.25) is 4.79 Å². The van der Waals surface area contributed by atoms with Crippen molar-refractivity contribution in [1.29, 1.82) is 0 Å². The van der Waals surface area contributed by atoms with Crippen LogP contribution in [0.2, 0.25) is 0 Å². The molecule has 1 aromatic rings. The molecule has 0 aromatic carbocycles. The van der Waals surface area contributed by atoms with E-state index in [-0.39, 0.29) is 17.6 Å². The van der Waals surface area contributed by atoms with Gasteiger partial charge in [-0.25, -0.2) is 4.79 Å². The molecule has 2 N–H and O–H groups in total. The zero-order valence-electron chi connectivity index (χ0n) is 10.2. The number of carbonyl (C=O) groups is 2. The summed E-state index contributed by atoms with van der Waals surface area (Å²) in [6.45, 7) is 3.73. The molecule has 2 unspecified atom stereocenters. The summed E-state index contributed by atoms with van der Waals surface area (Å²) < 4.78 is 5.45. The van der Waals surface area contributed by atoms with Gasteiger partial charge in [-0.1, -0.05) is 0 Å². The van der Waals surface area contributed by atoms with Gasteiger partial charge in [0.25, 0.3) is 5.91 Å². The zero-order chi connectivity index (χ0) is 13.3. The average Bonchev–Trinajstić information content (AvgIpc) is 2.85. The number of hydrogen-bond acceptors (Lipinski definition) is 4. The lowest BCUT2D eigenvalue weighted by Gasteiger charge is -2.11. The maximum Gasteiger partial charge on any atom is 0.338 e. The Morgan fingerprint density at radius 2 is 2.22 bits per heavy atom. The van der Waals surface area contributed by atoms with Gasteiger partial charge < -0.3 is 15.2 Å². The lowest BCUT2D eigenvalue weighted by atomic mass is 10.2. The predicted octanol–water partition coefficient (Wildman–Crippen LogP) is 2.26. The van der Waals surface area contributed by atoms with E-state index in [1.807, 2.05) is 6.92 Å². The van der Waals surface area contributed by atoms with E-state index >= 15 is 0 Å². The molecule has 0 aliphatic carbocycles. The summed E-state index contributed by atoms with van der Waals surface area (Å²) in [7, 11) is 0. The van der Waals surface area contributed by atoms with Crippen LogP contribution < -0.4 is 5.32 Å². The van der Waals surface area contributed by atoms with Crippen LogP contribution in [-0.4, -0.2) is 29.2 Å². The van der Waals surface area contributed by atoms with Crippen molar-refractivity contribution >= 4 is 28.2 Å². The summed E-state index contributed by atoms with van der Waals surface area (Å²) in [4.78, 5) is 23.8. The Balaban J connectivity index is 2.09. The van der Waals surface area contributed by atoms with Crippen molar-refractivity contribution < 1.29 is 19.4 Å². The molecule has 0 spiro atoms. The highest BCUT2D eigenvalue weighted by molar-refractivity contribution is 7.16. The number of hydrogen-bond donors (Lipinski definition) is 2. The van der Waals surface area contributed by atoms with E-state index in [0.717, 1.165) is 11.3 Å². The van der Waals surface area contributed by atoms with Crippen LogP contribution in [-0.2, 0) is 9.53 Å². The molecule has 1 fully saturated rings. The van der Waals surface area contributed by atoms with Gasteiger partial charge in [0.2, 0.25) is 0 Å². The van der Waals surface area contributed by atoms with E-state index in [1.54, 1.807) is 13.0 Å². The molecule has 2 atom stereocenters. The molecule has 2 rings (SSSR count). The van der Waals surface area contributed by atoms with E-state index in [9.17, 15) is 9.59 Å². The minimum Gasteiger partial charge on any atom is -0.478 e. The Morgan fingerprint density at radius 3 is 2.78 bits per heavy atom. The summed E-state index contributed by atoms with van der Waals surface area (Å²) in [6, 6.07) is 1.56. The topological polar surface area (TPSA) is 75.6 Å². The molecule has 18 heavy (non-hydrogen) atoms. The molecule has 0 saturated carbocycles. The highest BCUT2D eigenvalue weighted by atomic mass is 32.1. The fourth-order valence-corrected chi connectivity index (χ4v) is 2.86. The standard InChI is InChI=1S/C12H15NO4S/c1-6-3-4-9(17-6)10(14)13-11-8(12(15)16)5-7(2)18-11/h5-6,9H,3-4H2,1-2H3,(H,13,14)(H,15,16). The van der Waals surface area contributed by atoms with Crippen LogP contribution in [0.5, 0.6) is 0 Å². The number of ether oxygens (including phenoxy) is 1. The quantitative estimate of drug-likeness (QED) is 0.882. The summed E-state index contributed by atoms with van der Waals surface area (Å²) in [6.07, 6.45) is 1.15. The van der Waals surface area contributed by atoms with Gasteiger partial charge in [-0.2, -0.15) is 0 Å². The second kappa shape index (κ2) is 5.07. The highest BCUT2D eigenvalue weighted by Gasteiger charge is 2.29. The minimum absolute atomic E-state index is 0.0877. The maximum atomic E-state index is 11.9. The molecule has 6 heteroatoms. The van der Waals surface area contributed by atoms with Gasteiger partial charge in [0, 0.05) is 4.88 Å². The van der Waals surface area contributed by atoms with Gasteiger partial charge in [0.15, 0.2) is 0 Å². The van der Waals surface area contributed by atoms with E-state index in [4.69, 9.17) is 9.84 Å². The molecule has 0 radical (unpaired) electrons. The van der Waals surface area contributed by atoms with Crippen molar-refractivity contribution in [1.82, 2.24) is 0 Å². The smallest absolute Gasteiger partial charge is 0.338 e. The molecule has 0 bridgehead atoms. The molecule has 1 saturated heterocycles. The Kier molecular flexibility index (Phi) is 3.68. The second-order valence-corrected chi connectivity index (χ2v) is 5.66. The number of carbonyl (C=O) groups excluding carboxylic acids is 1. The summed E-state index contributed by atoms with van der Waals surface area (Å²) in [5.41, 5.74) is 0.136. The van der Waals surface area contributed by atoms with Crippen molar-refractivity contribution in [3.8, 4) is 0 Å². The van der Waals surface area contributed by atoms with Crippen molar-refractivity contribution in [2.24, 2.45) is 0 Å². The van der Waals surface area contributed by atoms with Crippen molar-refractivity contribution in [3.63, 3.8) is 0 Å². The third kappa shape index (κ3) is 2.70. The number of thiophene rings is 1. The fraction of sp³-hybridized carbons (Fsp3) is 0.500. The number of amides is 1. The first kappa shape index (κ1) is 13.0. The Morgan fingerprint density at radius 1 is 1.50 bits per heavy atom. The monoisotopic (exact) mass is 269 g/mol. The lowest BCUT2D eigenvalue weighted by molar-refractivity contribution is -0.126. The largest absolute Gasteiger partial charge is 0.478 e. The second-order valence-electron chi connectivity index (χ2n) is 4.41. The van der Waals surface area contributed by atoms with Gasteiger partial charge in [-0.05, 0) is 32.8 Å². The first-order chi connectivity index (χ1) is 8.47. The van der Waals surface area contributed by atoms with Crippen molar-refractivity contribution in [2.45, 2.75) is 38.9 Å². The Hall–Kier alpha value is -1.40. The van der Waals surface area contributed by atoms with Crippen molar-refractivity contribution in [2.75, 3.05) is 5.32 Å². The molecule has 5 nitrogen and oxygen atoms in total. The van der Waals surface area contributed by atoms with Crippen LogP contribution in [0.4, 0.5) is 5.00 Å². The van der Waals surface area contributed by atoms with Crippen LogP contribution >= 0.6 is 11.3 Å². The van der Waals surface area contributed by atoms with Crippen molar-refractivity contribution in [3.05, 3.63) is 16.5 Å². The number of carboxylic acid groups (broad SMARTS) is 1. The molecular weight excluding hydrogens is 254 g/mol. The predicted molar refractivity (Wildman–Crippen MR) is 68.2 cm³/mol. The highest BCUT2D eigenvalue weighted by Crippen LogP contribution is 2.29. The first-order valence-corrected chi connectivity index (χ1v) is 6.59. The van der Waals surface area contributed by atoms with Crippen LogP contribution in [0.25, 0.3) is 0 Å². The minimum atomic E-state index is -1.03. The number of aryl methyl sites for hydroxylation is 1. The van der Waals surface area contributed by atoms with Crippen LogP contribution in [0, 0.1) is 6.92 Å². The van der Waals surface area contributed by atoms with Gasteiger partial charge >= 0.3 is 5.97 Å². The van der Waals surface area contributed by atoms with Gasteiger partial charge in [0.1, 0.15) is 11.1 Å². The van der Waals surface area contributed by atoms with Gasteiger partial charge in [-0.15, -0.1) is 11.3 Å². The molecule has 1 amide bonds. The molecule has 2 heterocycles. The van der Waals surface area contributed by atoms with Crippen LogP contribution in [0.1, 0.15) is 35.0 Å². The normalized spacial score (nSPS) is 23.0. The van der Waals surface area contributed by atoms with Crippen LogP contribution in [0.3, 0.4) is 0 Å². The zero-order valence-corrected chi connectivity index (χ0v) is 11.0. The SMILES string of the molecule is Cc1cc(C(=O)O)c(NC(=O)C2CCC(C)O2)s1. The molecule has 98 valence electrons. The van der Waals surface area contributed by atoms with E-state index in [1.165, 1.54) is 11.3 Å². The fourth-order valence-electron chi connectivity index (χ4n) is 1.95. The van der Waals surface area contributed by atoms with Gasteiger partial charge in [0.05, 0.1) is 11.7 Å². The van der Waals surface area contributed by atoms with Crippen LogP contribution in [0.15, 0.2) is 6.07 Å². The van der Waals surface area contributed by atoms with E-state index in [0.29, 0.717) is 11.4 Å². The third-order valence-corrected chi connectivity index (χ3v) is 3.81. The summed E-state index contributed by atoms with van der Waals surface area (Å²) >= 11 is 1.26. The Bertz CT molecular complexity index is 482. The lowest BCUT2D eigenvalue weighted by Crippen LogP contribution is -2.27. The molecule has 1 aliphatic heterocycles. The Labute approximate surface area is 109 Å². The summed E-state index contributed by atoms with van der Waals surface area (Å²) in [5.74, 6) is -1.29. The number of rotatable bonds is 3. The number of anilines is 1. The van der Waals surface area contributed by atoms with E-state index in [2.05, 4.69) is 5.32 Å². The number of aromatic carboxylic acids is 1.